The van der Waals surface area contributed by atoms with Gasteiger partial charge in [0.2, 0.25) is 5.91 Å². The third-order valence-corrected chi connectivity index (χ3v) is 7.12. The Balaban J connectivity index is 1.43. The molecule has 0 aliphatic carbocycles. The van der Waals surface area contributed by atoms with E-state index in [0.717, 1.165) is 40.4 Å². The summed E-state index contributed by atoms with van der Waals surface area (Å²) in [6.07, 6.45) is 1.61. The zero-order chi connectivity index (χ0) is 23.7. The normalized spacial score (nSPS) is 13.4. The Morgan fingerprint density at radius 3 is 2.68 bits per heavy atom. The van der Waals surface area contributed by atoms with Crippen LogP contribution in [0.3, 0.4) is 0 Å². The summed E-state index contributed by atoms with van der Waals surface area (Å²) in [5.74, 6) is -0.246. The summed E-state index contributed by atoms with van der Waals surface area (Å²) < 4.78 is 20.8. The van der Waals surface area contributed by atoms with Crippen molar-refractivity contribution in [1.82, 2.24) is 19.7 Å². The maximum Gasteiger partial charge on any atom is 0.244 e. The highest BCUT2D eigenvalue weighted by atomic mass is 32.1. The highest BCUT2D eigenvalue weighted by Gasteiger charge is 2.23. The standard InChI is InChI=1S/C26H25FN4O2S/c1-17-28-21-10-12-30(13-11-25(21)34-17)26(32)16-31-23(18-6-4-3-5-7-18)15-22(29-31)19-8-9-20(27)24(14-19)33-2/h3-9,14-15H,10-13,16H2,1-2H3. The summed E-state index contributed by atoms with van der Waals surface area (Å²) >= 11 is 1.72. The molecule has 0 unspecified atom stereocenters. The van der Waals surface area contributed by atoms with Gasteiger partial charge in [0.05, 0.1) is 29.2 Å². The maximum absolute atomic E-state index is 13.9. The number of ether oxygens (including phenoxy) is 1. The molecule has 4 aromatic rings. The van der Waals surface area contributed by atoms with Gasteiger partial charge in [-0.1, -0.05) is 30.3 Å². The van der Waals surface area contributed by atoms with E-state index in [4.69, 9.17) is 9.84 Å². The number of hydrogen-bond acceptors (Lipinski definition) is 5. The van der Waals surface area contributed by atoms with Crippen LogP contribution < -0.4 is 4.74 Å². The number of hydrogen-bond donors (Lipinski definition) is 0. The van der Waals surface area contributed by atoms with Crippen LogP contribution in [0, 0.1) is 12.7 Å². The van der Waals surface area contributed by atoms with Crippen LogP contribution >= 0.6 is 11.3 Å². The molecule has 2 aromatic heterocycles. The van der Waals surface area contributed by atoms with Crippen molar-refractivity contribution in [1.29, 1.82) is 0 Å². The summed E-state index contributed by atoms with van der Waals surface area (Å²) in [6.45, 7) is 3.48. The molecular weight excluding hydrogens is 451 g/mol. The van der Waals surface area contributed by atoms with E-state index >= 15 is 0 Å². The zero-order valence-electron chi connectivity index (χ0n) is 19.1. The van der Waals surface area contributed by atoms with Crippen LogP contribution in [0.4, 0.5) is 4.39 Å². The third-order valence-electron chi connectivity index (χ3n) is 6.05. The Bertz CT molecular complexity index is 1310. The number of rotatable bonds is 5. The molecule has 1 aliphatic rings. The topological polar surface area (TPSA) is 60.2 Å². The molecule has 1 aliphatic heterocycles. The summed E-state index contributed by atoms with van der Waals surface area (Å²) in [4.78, 5) is 21.1. The first-order valence-electron chi connectivity index (χ1n) is 11.2. The second kappa shape index (κ2) is 9.38. The number of fused-ring (bicyclic) bond motifs is 1. The van der Waals surface area contributed by atoms with E-state index in [-0.39, 0.29) is 18.2 Å². The second-order valence-corrected chi connectivity index (χ2v) is 9.56. The van der Waals surface area contributed by atoms with Gasteiger partial charge in [0.25, 0.3) is 0 Å². The fourth-order valence-electron chi connectivity index (χ4n) is 4.31. The average Bonchev–Trinajstić information content (AvgIpc) is 3.37. The van der Waals surface area contributed by atoms with Gasteiger partial charge in [-0.3, -0.25) is 9.48 Å². The lowest BCUT2D eigenvalue weighted by Crippen LogP contribution is -2.36. The van der Waals surface area contributed by atoms with Gasteiger partial charge in [-0.2, -0.15) is 5.10 Å². The van der Waals surface area contributed by atoms with Gasteiger partial charge >= 0.3 is 0 Å². The summed E-state index contributed by atoms with van der Waals surface area (Å²) in [6, 6.07) is 16.4. The third kappa shape index (κ3) is 4.46. The first-order chi connectivity index (χ1) is 16.5. The Morgan fingerprint density at radius 2 is 1.88 bits per heavy atom. The molecule has 34 heavy (non-hydrogen) atoms. The van der Waals surface area contributed by atoms with Crippen LogP contribution in [0.25, 0.3) is 22.5 Å². The molecule has 8 heteroatoms. The van der Waals surface area contributed by atoms with Crippen LogP contribution in [-0.4, -0.2) is 45.8 Å². The first kappa shape index (κ1) is 22.3. The van der Waals surface area contributed by atoms with Gasteiger partial charge in [0.15, 0.2) is 11.6 Å². The Labute approximate surface area is 201 Å². The number of aromatic nitrogens is 3. The van der Waals surface area contributed by atoms with E-state index in [1.54, 1.807) is 28.2 Å². The minimum Gasteiger partial charge on any atom is -0.494 e. The second-order valence-electron chi connectivity index (χ2n) is 8.27. The number of methoxy groups -OCH3 is 1. The van der Waals surface area contributed by atoms with Crippen LogP contribution in [0.2, 0.25) is 0 Å². The lowest BCUT2D eigenvalue weighted by Gasteiger charge is -2.20. The summed E-state index contributed by atoms with van der Waals surface area (Å²) in [7, 11) is 1.44. The minimum atomic E-state index is -0.427. The van der Waals surface area contributed by atoms with E-state index < -0.39 is 5.82 Å². The van der Waals surface area contributed by atoms with Crippen LogP contribution in [-0.2, 0) is 24.2 Å². The quantitative estimate of drug-likeness (QED) is 0.417. The van der Waals surface area contributed by atoms with E-state index in [9.17, 15) is 9.18 Å². The van der Waals surface area contributed by atoms with Crippen molar-refractivity contribution in [3.63, 3.8) is 0 Å². The fourth-order valence-corrected chi connectivity index (χ4v) is 5.28. The van der Waals surface area contributed by atoms with Crippen LogP contribution in [0.5, 0.6) is 5.75 Å². The number of aryl methyl sites for hydroxylation is 1. The number of amides is 1. The molecule has 174 valence electrons. The molecule has 1 amide bonds. The van der Waals surface area contributed by atoms with Crippen molar-refractivity contribution in [2.75, 3.05) is 20.2 Å². The van der Waals surface area contributed by atoms with Crippen molar-refractivity contribution in [3.8, 4) is 28.3 Å². The number of benzene rings is 2. The molecule has 0 N–H and O–H groups in total. The predicted molar refractivity (Wildman–Crippen MR) is 130 cm³/mol. The molecule has 0 atom stereocenters. The summed E-state index contributed by atoms with van der Waals surface area (Å²) in [5.41, 5.74) is 4.29. The largest absolute Gasteiger partial charge is 0.494 e. The summed E-state index contributed by atoms with van der Waals surface area (Å²) in [5, 5.41) is 5.82. The van der Waals surface area contributed by atoms with Crippen molar-refractivity contribution < 1.29 is 13.9 Å². The van der Waals surface area contributed by atoms with E-state index in [0.29, 0.717) is 18.8 Å². The molecule has 2 aromatic carbocycles. The Morgan fingerprint density at radius 1 is 1.09 bits per heavy atom. The highest BCUT2D eigenvalue weighted by molar-refractivity contribution is 7.11. The molecule has 6 nitrogen and oxygen atoms in total. The van der Waals surface area contributed by atoms with Gasteiger partial charge < -0.3 is 9.64 Å². The molecule has 0 radical (unpaired) electrons. The monoisotopic (exact) mass is 476 g/mol. The van der Waals surface area contributed by atoms with Crippen LogP contribution in [0.1, 0.15) is 15.6 Å². The van der Waals surface area contributed by atoms with E-state index in [2.05, 4.69) is 4.98 Å². The molecule has 5 rings (SSSR count). The number of carbonyl (C=O) groups excluding carboxylic acids is 1. The number of halogens is 1. The Kier molecular flexibility index (Phi) is 6.15. The van der Waals surface area contributed by atoms with Crippen molar-refractivity contribution in [2.45, 2.75) is 26.3 Å². The highest BCUT2D eigenvalue weighted by Crippen LogP contribution is 2.30. The maximum atomic E-state index is 13.9. The molecule has 0 spiro atoms. The molecule has 0 bridgehead atoms. The number of carbonyl (C=O) groups is 1. The minimum absolute atomic E-state index is 0.0235. The molecule has 0 saturated heterocycles. The van der Waals surface area contributed by atoms with Crippen molar-refractivity contribution in [2.24, 2.45) is 0 Å². The SMILES string of the molecule is COc1cc(-c2cc(-c3ccccc3)n(CC(=O)N3CCc4nc(C)sc4CC3)n2)ccc1F. The van der Waals surface area contributed by atoms with Gasteiger partial charge in [-0.05, 0) is 36.8 Å². The average molecular weight is 477 g/mol. The van der Waals surface area contributed by atoms with Gasteiger partial charge in [0.1, 0.15) is 6.54 Å². The number of thiazole rings is 1. The lowest BCUT2D eigenvalue weighted by molar-refractivity contribution is -0.131. The van der Waals surface area contributed by atoms with Crippen molar-refractivity contribution in [3.05, 3.63) is 76.0 Å². The van der Waals surface area contributed by atoms with Gasteiger partial charge in [-0.25, -0.2) is 9.37 Å². The smallest absolute Gasteiger partial charge is 0.244 e. The number of nitrogens with zero attached hydrogens (tertiary/aromatic N) is 4. The lowest BCUT2D eigenvalue weighted by atomic mass is 10.1. The molecule has 3 heterocycles. The van der Waals surface area contributed by atoms with E-state index in [1.165, 1.54) is 18.1 Å². The Hall–Kier alpha value is -3.52. The van der Waals surface area contributed by atoms with Crippen LogP contribution in [0.15, 0.2) is 54.6 Å². The van der Waals surface area contributed by atoms with Gasteiger partial charge in [0, 0.05) is 36.4 Å². The van der Waals surface area contributed by atoms with Crippen molar-refractivity contribution >= 4 is 17.2 Å². The first-order valence-corrected chi connectivity index (χ1v) is 12.0. The van der Waals surface area contributed by atoms with Gasteiger partial charge in [-0.15, -0.1) is 11.3 Å². The molecule has 0 fully saturated rings. The van der Waals surface area contributed by atoms with E-state index in [1.807, 2.05) is 48.2 Å². The molecular formula is C26H25FN4O2S. The zero-order valence-corrected chi connectivity index (χ0v) is 19.9. The predicted octanol–water partition coefficient (Wildman–Crippen LogP) is 4.76. The molecule has 0 saturated carbocycles. The fraction of sp³-hybridized carbons (Fsp3) is 0.269.